The lowest BCUT2D eigenvalue weighted by molar-refractivity contribution is 0.952. The summed E-state index contributed by atoms with van der Waals surface area (Å²) in [6.45, 7) is 0. The highest BCUT2D eigenvalue weighted by Gasteiger charge is 2.25. The lowest BCUT2D eigenvalue weighted by Gasteiger charge is -2.13. The van der Waals surface area contributed by atoms with Crippen molar-refractivity contribution in [3.8, 4) is 63.1 Å². The fourth-order valence-corrected chi connectivity index (χ4v) is 10.8. The molecule has 9 heteroatoms. The maximum Gasteiger partial charge on any atom is 0.238 e. The van der Waals surface area contributed by atoms with Gasteiger partial charge in [-0.2, -0.15) is 19.9 Å². The molecule has 73 heavy (non-hydrogen) atoms. The minimum absolute atomic E-state index is 0.505. The van der Waals surface area contributed by atoms with Gasteiger partial charge in [0.15, 0.2) is 23.3 Å². The van der Waals surface area contributed by atoms with Crippen molar-refractivity contribution in [2.24, 2.45) is 0 Å². The zero-order valence-electron chi connectivity index (χ0n) is 39.0. The molecule has 15 aromatic rings. The third-order valence-corrected chi connectivity index (χ3v) is 14.1. The number of nitrogens with zero attached hydrogens (tertiary/aromatic N) is 9. The average Bonchev–Trinajstić information content (AvgIpc) is 4.10. The average molecular weight is 934 g/mol. The maximum atomic E-state index is 5.42. The van der Waals surface area contributed by atoms with Gasteiger partial charge in [-0.15, -0.1) is 0 Å². The van der Waals surface area contributed by atoms with Gasteiger partial charge in [-0.05, 0) is 65.4 Å². The first-order valence-corrected chi connectivity index (χ1v) is 24.4. The zero-order valence-corrected chi connectivity index (χ0v) is 39.0. The molecule has 0 saturated carbocycles. The Bertz CT molecular complexity index is 4600. The van der Waals surface area contributed by atoms with Crippen molar-refractivity contribution < 1.29 is 0 Å². The Morgan fingerprint density at radius 1 is 0.233 bits per heavy atom. The Balaban J connectivity index is 1.04. The van der Waals surface area contributed by atoms with Crippen LogP contribution in [-0.4, -0.2) is 43.6 Å². The Labute approximate surface area is 417 Å². The summed E-state index contributed by atoms with van der Waals surface area (Å²) < 4.78 is 6.79. The Hall–Kier alpha value is -10.1. The van der Waals surface area contributed by atoms with Crippen LogP contribution < -0.4 is 0 Å². The quantitative estimate of drug-likeness (QED) is 0.158. The normalized spacial score (nSPS) is 11.8. The van der Waals surface area contributed by atoms with Gasteiger partial charge in [-0.3, -0.25) is 9.13 Å². The number of aromatic nitrogens is 9. The van der Waals surface area contributed by atoms with Crippen molar-refractivity contribution >= 4 is 76.2 Å². The van der Waals surface area contributed by atoms with E-state index in [0.717, 1.165) is 98.7 Å². The highest BCUT2D eigenvalue weighted by Crippen LogP contribution is 2.43. The molecule has 0 bridgehead atoms. The van der Waals surface area contributed by atoms with E-state index in [2.05, 4.69) is 171 Å². The summed E-state index contributed by atoms with van der Waals surface area (Å²) in [6.07, 6.45) is 0. The molecular formula is C64H39N9. The predicted octanol–water partition coefficient (Wildman–Crippen LogP) is 15.2. The van der Waals surface area contributed by atoms with E-state index in [-0.39, 0.29) is 0 Å². The Kier molecular flexibility index (Phi) is 9.06. The van der Waals surface area contributed by atoms with E-state index in [9.17, 15) is 0 Å². The molecule has 0 aliphatic rings. The van der Waals surface area contributed by atoms with Gasteiger partial charge < -0.3 is 4.57 Å². The van der Waals surface area contributed by atoms with Crippen LogP contribution in [0.3, 0.4) is 0 Å². The molecular weight excluding hydrogens is 895 g/mol. The molecule has 340 valence electrons. The first-order chi connectivity index (χ1) is 36.2. The fourth-order valence-electron chi connectivity index (χ4n) is 10.8. The first-order valence-electron chi connectivity index (χ1n) is 24.4. The number of rotatable bonds is 7. The molecule has 0 aliphatic carbocycles. The van der Waals surface area contributed by atoms with E-state index in [0.29, 0.717) is 35.2 Å². The fraction of sp³-hybridized carbons (Fsp3) is 0. The molecule has 0 aliphatic heterocycles. The molecule has 0 saturated heterocycles. The van der Waals surface area contributed by atoms with Gasteiger partial charge in [0.2, 0.25) is 11.9 Å². The Morgan fingerprint density at radius 2 is 0.644 bits per heavy atom. The maximum absolute atomic E-state index is 5.42. The van der Waals surface area contributed by atoms with E-state index in [1.165, 1.54) is 5.39 Å². The van der Waals surface area contributed by atoms with Crippen LogP contribution in [0.4, 0.5) is 0 Å². The van der Waals surface area contributed by atoms with Gasteiger partial charge in [0.25, 0.3) is 0 Å². The smallest absolute Gasteiger partial charge is 0.238 e. The monoisotopic (exact) mass is 933 g/mol. The molecule has 0 atom stereocenters. The van der Waals surface area contributed by atoms with Gasteiger partial charge in [0, 0.05) is 60.3 Å². The lowest BCUT2D eigenvalue weighted by Crippen LogP contribution is -2.07. The summed E-state index contributed by atoms with van der Waals surface area (Å²) in [7, 11) is 0. The highest BCUT2D eigenvalue weighted by atomic mass is 15.2. The van der Waals surface area contributed by atoms with E-state index in [1.807, 2.05) is 78.9 Å². The second-order valence-corrected chi connectivity index (χ2v) is 18.3. The lowest BCUT2D eigenvalue weighted by atomic mass is 10.1. The van der Waals surface area contributed by atoms with Crippen LogP contribution in [0.2, 0.25) is 0 Å². The molecule has 15 rings (SSSR count). The highest BCUT2D eigenvalue weighted by molar-refractivity contribution is 6.24. The summed E-state index contributed by atoms with van der Waals surface area (Å²) in [5, 5.41) is 8.87. The van der Waals surface area contributed by atoms with Crippen molar-refractivity contribution in [1.29, 1.82) is 0 Å². The molecule has 10 aromatic carbocycles. The standard InChI is InChI=1S/C64H39N9/c1-5-19-40(20-6-1)59-65-60(41-21-7-2-8-22-41)69-64(68-59)73-55-36-33-45(38-52(55)50-35-34-49-47-29-15-17-31-53(47)71(57(49)58(50)73)46-27-11-4-12-28-46)62-66-61(42-23-9-3-10-24-42)67-63(70-62)72-54-32-18-16-30-48(54)51-37-43-25-13-14-26-44(43)39-56(51)72/h1-39H. The third kappa shape index (κ3) is 6.49. The number of hydrogen-bond acceptors (Lipinski definition) is 6. The molecule has 0 spiro atoms. The van der Waals surface area contributed by atoms with Crippen molar-refractivity contribution in [3.63, 3.8) is 0 Å². The zero-order chi connectivity index (χ0) is 48.0. The number of fused-ring (bicyclic) bond motifs is 11. The van der Waals surface area contributed by atoms with Gasteiger partial charge in [-0.1, -0.05) is 182 Å². The topological polar surface area (TPSA) is 92.1 Å². The summed E-state index contributed by atoms with van der Waals surface area (Å²) >= 11 is 0. The van der Waals surface area contributed by atoms with Gasteiger partial charge in [0.05, 0.1) is 33.1 Å². The minimum Gasteiger partial charge on any atom is -0.307 e. The predicted molar refractivity (Wildman–Crippen MR) is 295 cm³/mol. The van der Waals surface area contributed by atoms with Crippen LogP contribution in [0.15, 0.2) is 237 Å². The minimum atomic E-state index is 0.505. The van der Waals surface area contributed by atoms with Crippen LogP contribution in [0.5, 0.6) is 0 Å². The van der Waals surface area contributed by atoms with Crippen molar-refractivity contribution in [2.45, 2.75) is 0 Å². The summed E-state index contributed by atoms with van der Waals surface area (Å²) in [5.41, 5.74) is 10.6. The van der Waals surface area contributed by atoms with Gasteiger partial charge >= 0.3 is 0 Å². The van der Waals surface area contributed by atoms with Crippen LogP contribution in [0.25, 0.3) is 139 Å². The molecule has 0 N–H and O–H groups in total. The molecule has 0 radical (unpaired) electrons. The number of benzene rings is 10. The second-order valence-electron chi connectivity index (χ2n) is 18.3. The molecule has 5 aromatic heterocycles. The summed E-state index contributed by atoms with van der Waals surface area (Å²) in [5.74, 6) is 3.33. The van der Waals surface area contributed by atoms with Crippen molar-refractivity contribution in [2.75, 3.05) is 0 Å². The van der Waals surface area contributed by atoms with Gasteiger partial charge in [0.1, 0.15) is 0 Å². The number of para-hydroxylation sites is 3. The van der Waals surface area contributed by atoms with Crippen LogP contribution in [0.1, 0.15) is 0 Å². The van der Waals surface area contributed by atoms with E-state index in [4.69, 9.17) is 29.9 Å². The third-order valence-electron chi connectivity index (χ3n) is 14.1. The Morgan fingerprint density at radius 3 is 1.23 bits per heavy atom. The number of hydrogen-bond donors (Lipinski definition) is 0. The van der Waals surface area contributed by atoms with Crippen molar-refractivity contribution in [1.82, 2.24) is 43.6 Å². The molecule has 5 heterocycles. The molecule has 9 nitrogen and oxygen atoms in total. The van der Waals surface area contributed by atoms with E-state index < -0.39 is 0 Å². The largest absolute Gasteiger partial charge is 0.307 e. The van der Waals surface area contributed by atoms with Crippen molar-refractivity contribution in [3.05, 3.63) is 237 Å². The second kappa shape index (κ2) is 16.2. The molecule has 0 unspecified atom stereocenters. The summed E-state index contributed by atoms with van der Waals surface area (Å²) in [6, 6.07) is 82.2. The van der Waals surface area contributed by atoms with Crippen LogP contribution in [-0.2, 0) is 0 Å². The van der Waals surface area contributed by atoms with E-state index >= 15 is 0 Å². The van der Waals surface area contributed by atoms with Crippen LogP contribution in [0, 0.1) is 0 Å². The van der Waals surface area contributed by atoms with E-state index in [1.54, 1.807) is 0 Å². The molecule has 0 amide bonds. The molecule has 0 fully saturated rings. The SMILES string of the molecule is c1ccc(-c2nc(-c3ccc4c(c3)c3ccc5c6ccccc6n(-c6ccccc6)c5c3n4-c3nc(-c4ccccc4)nc(-c4ccccc4)n3)nc(-n3c4ccccc4c4cc5ccccc5cc43)n2)cc1. The van der Waals surface area contributed by atoms with Crippen LogP contribution >= 0.6 is 0 Å². The summed E-state index contributed by atoms with van der Waals surface area (Å²) in [4.78, 5) is 31.8. The van der Waals surface area contributed by atoms with Gasteiger partial charge in [-0.25, -0.2) is 9.97 Å². The first kappa shape index (κ1) is 40.7.